The highest BCUT2D eigenvalue weighted by molar-refractivity contribution is 7.59. The fraction of sp³-hybridized carbons (Fsp3) is 0.583. The maximum Gasteiger partial charge on any atom is 0.320 e. The summed E-state index contributed by atoms with van der Waals surface area (Å²) in [6.45, 7) is 0.354. The van der Waals surface area contributed by atoms with Gasteiger partial charge < -0.3 is 26.8 Å². The molecule has 1 aliphatic rings. The second kappa shape index (κ2) is 17.6. The van der Waals surface area contributed by atoms with Gasteiger partial charge in [-0.25, -0.2) is 0 Å². The van der Waals surface area contributed by atoms with Crippen molar-refractivity contribution in [3.05, 3.63) is 12.2 Å². The van der Waals surface area contributed by atoms with Gasteiger partial charge >= 0.3 is 5.97 Å². The van der Waals surface area contributed by atoms with Crippen LogP contribution in [-0.4, -0.2) is 58.9 Å². The number of rotatable bonds is 6. The monoisotopic (exact) mass is 339 g/mol. The Morgan fingerprint density at radius 2 is 1.59 bits per heavy atom. The van der Waals surface area contributed by atoms with E-state index in [1.807, 2.05) is 5.32 Å². The van der Waals surface area contributed by atoms with Crippen LogP contribution in [0.3, 0.4) is 0 Å². The van der Waals surface area contributed by atoms with E-state index in [0.717, 1.165) is 12.8 Å². The third kappa shape index (κ3) is 18.5. The molecule has 1 rings (SSSR count). The predicted octanol–water partition coefficient (Wildman–Crippen LogP) is -2.19. The van der Waals surface area contributed by atoms with Crippen LogP contribution in [-0.2, 0) is 14.4 Å². The van der Waals surface area contributed by atoms with Crippen LogP contribution in [0.25, 0.3) is 0 Å². The third-order valence-electron chi connectivity index (χ3n) is 2.02. The lowest BCUT2D eigenvalue weighted by Crippen LogP contribution is -2.29. The van der Waals surface area contributed by atoms with Gasteiger partial charge in [0.15, 0.2) is 0 Å². The number of unbranched alkanes of at least 4 members (excludes halogenated alkanes) is 1. The number of nitrogens with one attached hydrogen (secondary N) is 1. The summed E-state index contributed by atoms with van der Waals surface area (Å²) in [6.07, 6.45) is 4.56. The highest BCUT2D eigenvalue weighted by Crippen LogP contribution is 1.96. The van der Waals surface area contributed by atoms with Crippen LogP contribution >= 0.6 is 13.5 Å². The predicted molar refractivity (Wildman–Crippen MR) is 85.4 cm³/mol. The number of carbonyl (C=O) groups excluding carboxylic acids is 2. The van der Waals surface area contributed by atoms with Crippen molar-refractivity contribution in [3.63, 3.8) is 0 Å². The minimum Gasteiger partial charge on any atom is -0.480 e. The maximum absolute atomic E-state index is 10.1. The molecule has 1 aliphatic heterocycles. The van der Waals surface area contributed by atoms with Crippen molar-refractivity contribution in [1.82, 2.24) is 5.32 Å². The van der Waals surface area contributed by atoms with Gasteiger partial charge in [-0.05, 0) is 19.4 Å². The minimum absolute atomic E-state index is 0. The average Bonchev–Trinajstić information content (AvgIpc) is 2.83. The van der Waals surface area contributed by atoms with E-state index in [2.05, 4.69) is 0 Å². The van der Waals surface area contributed by atoms with Crippen LogP contribution in [0.1, 0.15) is 19.3 Å². The highest BCUT2D eigenvalue weighted by atomic mass is 32.1. The Balaban J connectivity index is -0.000000263. The molecule has 0 aromatic rings. The molecule has 0 aromatic carbocycles. The molecule has 0 bridgehead atoms. The highest BCUT2D eigenvalue weighted by Gasteiger charge is 2.09. The van der Waals surface area contributed by atoms with Crippen LogP contribution in [0.15, 0.2) is 12.2 Å². The number of amides is 2. The quantitative estimate of drug-likeness (QED) is 0.233. The fourth-order valence-electron chi connectivity index (χ4n) is 0.988. The normalized spacial score (nSPS) is 12.9. The molecule has 0 aromatic heterocycles. The second-order valence-electron chi connectivity index (χ2n) is 3.86. The fourth-order valence-corrected chi connectivity index (χ4v) is 0.988. The molecule has 0 aliphatic carbocycles. The van der Waals surface area contributed by atoms with E-state index < -0.39 is 12.0 Å². The Labute approximate surface area is 135 Å². The molecule has 0 spiro atoms. The van der Waals surface area contributed by atoms with Crippen molar-refractivity contribution in [2.45, 2.75) is 25.3 Å². The Morgan fingerprint density at radius 3 is 1.82 bits per heavy atom. The minimum atomic E-state index is -0.933. The zero-order valence-electron chi connectivity index (χ0n) is 12.2. The van der Waals surface area contributed by atoms with E-state index in [-0.39, 0.29) is 38.5 Å². The molecule has 10 heteroatoms. The summed E-state index contributed by atoms with van der Waals surface area (Å²) in [5.74, 6) is -1.59. The lowest BCUT2D eigenvalue weighted by Gasteiger charge is -2.03. The van der Waals surface area contributed by atoms with E-state index in [1.165, 1.54) is 12.2 Å². The standard InChI is InChI=1S/C6H14N2O2.C4H3NO2.C2H6O2.H2S/c7-4-2-1-3-5(8)6(9)10;6-3-1-2-4(7)5-3;3-1-2-4;/h5H,1-4,7-8H2,(H,9,10);1-2H,(H,5,6,7);3-4H,1-2H2;1H2. The van der Waals surface area contributed by atoms with Gasteiger partial charge in [0.1, 0.15) is 6.04 Å². The lowest BCUT2D eigenvalue weighted by atomic mass is 10.1. The zero-order chi connectivity index (χ0) is 16.7. The van der Waals surface area contributed by atoms with Gasteiger partial charge in [0.25, 0.3) is 11.8 Å². The maximum atomic E-state index is 10.1. The van der Waals surface area contributed by atoms with Crippen molar-refractivity contribution >= 4 is 31.3 Å². The first-order valence-corrected chi connectivity index (χ1v) is 6.32. The molecule has 0 saturated carbocycles. The van der Waals surface area contributed by atoms with Gasteiger partial charge in [0.2, 0.25) is 0 Å². The largest absolute Gasteiger partial charge is 0.480 e. The van der Waals surface area contributed by atoms with Gasteiger partial charge in [0.05, 0.1) is 13.2 Å². The molecule has 8 N–H and O–H groups in total. The number of hydrogen-bond acceptors (Lipinski definition) is 7. The Morgan fingerprint density at radius 1 is 1.14 bits per heavy atom. The molecule has 1 unspecified atom stereocenters. The number of carboxylic acid groups (broad SMARTS) is 1. The molecular formula is C12H25N3O6S. The van der Waals surface area contributed by atoms with Gasteiger partial charge in [-0.3, -0.25) is 19.7 Å². The Hall–Kier alpha value is -1.46. The van der Waals surface area contributed by atoms with Crippen LogP contribution in [0, 0.1) is 0 Å². The van der Waals surface area contributed by atoms with E-state index in [0.29, 0.717) is 13.0 Å². The number of carbonyl (C=O) groups is 3. The first-order chi connectivity index (χ1) is 9.88. The molecular weight excluding hydrogens is 314 g/mol. The van der Waals surface area contributed by atoms with Crippen LogP contribution in [0.4, 0.5) is 0 Å². The summed E-state index contributed by atoms with van der Waals surface area (Å²) < 4.78 is 0. The topological polar surface area (TPSA) is 176 Å². The van der Waals surface area contributed by atoms with Crippen LogP contribution in [0.5, 0.6) is 0 Å². The SMILES string of the molecule is NCCCCC(N)C(=O)O.O=C1C=CC(=O)N1.OCCO.S. The van der Waals surface area contributed by atoms with Crippen molar-refractivity contribution in [3.8, 4) is 0 Å². The van der Waals surface area contributed by atoms with E-state index in [1.54, 1.807) is 0 Å². The second-order valence-corrected chi connectivity index (χ2v) is 3.86. The lowest BCUT2D eigenvalue weighted by molar-refractivity contribution is -0.138. The van der Waals surface area contributed by atoms with E-state index >= 15 is 0 Å². The Kier molecular flexibility index (Phi) is 20.4. The summed E-state index contributed by atoms with van der Waals surface area (Å²) in [4.78, 5) is 30.2. The van der Waals surface area contributed by atoms with E-state index in [4.69, 9.17) is 26.8 Å². The first kappa shape index (κ1) is 25.5. The number of aliphatic hydroxyl groups excluding tert-OH is 2. The van der Waals surface area contributed by atoms with Crippen LogP contribution < -0.4 is 16.8 Å². The molecule has 0 fully saturated rings. The van der Waals surface area contributed by atoms with Gasteiger partial charge in [-0.1, -0.05) is 6.42 Å². The summed E-state index contributed by atoms with van der Waals surface area (Å²) in [5, 5.41) is 25.6. The van der Waals surface area contributed by atoms with Crippen molar-refractivity contribution < 1.29 is 29.7 Å². The van der Waals surface area contributed by atoms with Gasteiger partial charge in [0, 0.05) is 12.2 Å². The number of imide groups is 1. The molecule has 0 saturated heterocycles. The average molecular weight is 339 g/mol. The molecule has 0 radical (unpaired) electrons. The smallest absolute Gasteiger partial charge is 0.320 e. The van der Waals surface area contributed by atoms with Crippen molar-refractivity contribution in [2.24, 2.45) is 11.5 Å². The molecule has 1 atom stereocenters. The van der Waals surface area contributed by atoms with Crippen molar-refractivity contribution in [1.29, 1.82) is 0 Å². The number of aliphatic hydroxyl groups is 2. The molecule has 9 nitrogen and oxygen atoms in total. The number of aliphatic carboxylic acids is 1. The number of nitrogens with two attached hydrogens (primary N) is 2. The Bertz CT molecular complexity index is 334. The first-order valence-electron chi connectivity index (χ1n) is 6.32. The summed E-state index contributed by atoms with van der Waals surface area (Å²) in [6, 6.07) is -0.716. The zero-order valence-corrected chi connectivity index (χ0v) is 13.2. The summed E-state index contributed by atoms with van der Waals surface area (Å²) in [7, 11) is 0. The van der Waals surface area contributed by atoms with E-state index in [9.17, 15) is 14.4 Å². The molecule has 1 heterocycles. The number of hydrogen-bond donors (Lipinski definition) is 6. The van der Waals surface area contributed by atoms with Crippen LogP contribution in [0.2, 0.25) is 0 Å². The summed E-state index contributed by atoms with van der Waals surface area (Å²) >= 11 is 0. The molecule has 2 amide bonds. The third-order valence-corrected chi connectivity index (χ3v) is 2.02. The van der Waals surface area contributed by atoms with Gasteiger partial charge in [-0.2, -0.15) is 13.5 Å². The molecule has 22 heavy (non-hydrogen) atoms. The number of carboxylic acids is 1. The van der Waals surface area contributed by atoms with Crippen molar-refractivity contribution in [2.75, 3.05) is 19.8 Å². The molecule has 130 valence electrons. The summed E-state index contributed by atoms with van der Waals surface area (Å²) in [5.41, 5.74) is 10.4. The van der Waals surface area contributed by atoms with Gasteiger partial charge in [-0.15, -0.1) is 0 Å².